The van der Waals surface area contributed by atoms with Crippen LogP contribution in [-0.2, 0) is 0 Å². The summed E-state index contributed by atoms with van der Waals surface area (Å²) in [6, 6.07) is 0.551. The summed E-state index contributed by atoms with van der Waals surface area (Å²) in [5.41, 5.74) is 5.60. The van der Waals surface area contributed by atoms with Gasteiger partial charge in [0, 0.05) is 12.1 Å². The highest BCUT2D eigenvalue weighted by molar-refractivity contribution is 5.72. The second kappa shape index (κ2) is 5.71. The van der Waals surface area contributed by atoms with Gasteiger partial charge in [-0.25, -0.2) is 4.79 Å². The third-order valence-corrected chi connectivity index (χ3v) is 4.34. The second-order valence-corrected chi connectivity index (χ2v) is 5.64. The maximum absolute atomic E-state index is 11.7. The fourth-order valence-corrected chi connectivity index (χ4v) is 3.26. The summed E-state index contributed by atoms with van der Waals surface area (Å²) in [5.74, 6) is 0.814. The predicted molar refractivity (Wildman–Crippen MR) is 68.7 cm³/mol. The summed E-state index contributed by atoms with van der Waals surface area (Å²) in [6.45, 7) is 4.32. The van der Waals surface area contributed by atoms with Crippen molar-refractivity contribution >= 4 is 6.03 Å². The molecule has 0 aromatic rings. The van der Waals surface area contributed by atoms with E-state index in [9.17, 15) is 4.79 Å². The number of carbonyl (C=O) groups excluding carboxylic acids is 1. The van der Waals surface area contributed by atoms with Crippen LogP contribution in [0.3, 0.4) is 0 Å². The van der Waals surface area contributed by atoms with E-state index >= 15 is 0 Å². The van der Waals surface area contributed by atoms with Crippen LogP contribution in [0.2, 0.25) is 0 Å². The molecule has 0 atom stereocenters. The highest BCUT2D eigenvalue weighted by atomic mass is 16.2. The lowest BCUT2D eigenvalue weighted by molar-refractivity contribution is 0.106. The van der Waals surface area contributed by atoms with Crippen LogP contribution >= 0.6 is 0 Å². The summed E-state index contributed by atoms with van der Waals surface area (Å²) in [4.78, 5) is 13.7. The molecule has 0 bridgehead atoms. The molecule has 2 rings (SSSR count). The zero-order valence-corrected chi connectivity index (χ0v) is 10.8. The highest BCUT2D eigenvalue weighted by Crippen LogP contribution is 2.29. The number of amides is 2. The monoisotopic (exact) mass is 239 g/mol. The van der Waals surface area contributed by atoms with Gasteiger partial charge in [0.25, 0.3) is 0 Å². The molecule has 1 saturated carbocycles. The summed E-state index contributed by atoms with van der Waals surface area (Å²) >= 11 is 0. The van der Waals surface area contributed by atoms with E-state index < -0.39 is 0 Å². The molecule has 0 aromatic carbocycles. The van der Waals surface area contributed by atoms with Crippen LogP contribution in [0.15, 0.2) is 0 Å². The summed E-state index contributed by atoms with van der Waals surface area (Å²) in [5, 5.41) is 3.34. The number of primary amides is 1. The van der Waals surface area contributed by atoms with Crippen molar-refractivity contribution in [1.29, 1.82) is 0 Å². The van der Waals surface area contributed by atoms with Crippen LogP contribution in [0.5, 0.6) is 0 Å². The maximum Gasteiger partial charge on any atom is 0.315 e. The van der Waals surface area contributed by atoms with Gasteiger partial charge in [-0.05, 0) is 57.5 Å². The van der Waals surface area contributed by atoms with E-state index in [-0.39, 0.29) is 6.03 Å². The molecule has 4 nitrogen and oxygen atoms in total. The molecule has 0 aromatic heterocycles. The number of hydrogen-bond acceptors (Lipinski definition) is 2. The summed E-state index contributed by atoms with van der Waals surface area (Å²) in [7, 11) is 0. The van der Waals surface area contributed by atoms with Crippen LogP contribution in [0, 0.1) is 5.92 Å². The molecule has 17 heavy (non-hydrogen) atoms. The summed E-state index contributed by atoms with van der Waals surface area (Å²) in [6.07, 6.45) is 6.84. The third-order valence-electron chi connectivity index (χ3n) is 4.34. The number of rotatable bonds is 2. The number of nitrogens with one attached hydrogen (secondary N) is 1. The molecule has 1 aliphatic carbocycles. The van der Waals surface area contributed by atoms with Gasteiger partial charge in [0.15, 0.2) is 0 Å². The van der Waals surface area contributed by atoms with Gasteiger partial charge in [0.05, 0.1) is 0 Å². The van der Waals surface area contributed by atoms with E-state index in [2.05, 4.69) is 12.2 Å². The molecule has 3 N–H and O–H groups in total. The Balaban J connectivity index is 1.98. The number of hydrogen-bond donors (Lipinski definition) is 2. The quantitative estimate of drug-likeness (QED) is 0.770. The lowest BCUT2D eigenvalue weighted by Gasteiger charge is -2.41. The van der Waals surface area contributed by atoms with Gasteiger partial charge in [-0.3, -0.25) is 0 Å². The third kappa shape index (κ3) is 3.12. The van der Waals surface area contributed by atoms with E-state index in [1.54, 1.807) is 0 Å². The first-order chi connectivity index (χ1) is 8.18. The minimum absolute atomic E-state index is 0.212. The first kappa shape index (κ1) is 12.7. The molecular weight excluding hydrogens is 214 g/mol. The normalized spacial score (nSPS) is 31.1. The van der Waals surface area contributed by atoms with Crippen molar-refractivity contribution in [2.45, 2.75) is 57.5 Å². The number of nitrogens with two attached hydrogens (primary N) is 1. The summed E-state index contributed by atoms with van der Waals surface area (Å²) < 4.78 is 0. The van der Waals surface area contributed by atoms with Gasteiger partial charge in [-0.2, -0.15) is 0 Å². The van der Waals surface area contributed by atoms with Crippen molar-refractivity contribution < 1.29 is 4.79 Å². The Morgan fingerprint density at radius 2 is 1.59 bits per heavy atom. The molecule has 2 aliphatic rings. The van der Waals surface area contributed by atoms with Crippen molar-refractivity contribution in [3.05, 3.63) is 0 Å². The zero-order chi connectivity index (χ0) is 12.3. The Bertz CT molecular complexity index is 255. The van der Waals surface area contributed by atoms with Crippen molar-refractivity contribution in [3.63, 3.8) is 0 Å². The molecule has 4 heteroatoms. The van der Waals surface area contributed by atoms with Crippen LogP contribution < -0.4 is 11.1 Å². The Morgan fingerprint density at radius 3 is 2.12 bits per heavy atom. The van der Waals surface area contributed by atoms with E-state index in [1.165, 1.54) is 12.8 Å². The number of piperidine rings is 1. The van der Waals surface area contributed by atoms with E-state index in [4.69, 9.17) is 5.73 Å². The van der Waals surface area contributed by atoms with Crippen molar-refractivity contribution in [2.24, 2.45) is 11.7 Å². The molecule has 0 spiro atoms. The minimum atomic E-state index is -0.212. The largest absolute Gasteiger partial charge is 0.351 e. The molecule has 0 unspecified atom stereocenters. The van der Waals surface area contributed by atoms with Crippen LogP contribution in [0.25, 0.3) is 0 Å². The average Bonchev–Trinajstić information content (AvgIpc) is 2.33. The van der Waals surface area contributed by atoms with Gasteiger partial charge >= 0.3 is 6.03 Å². The lowest BCUT2D eigenvalue weighted by atomic mass is 9.85. The number of nitrogens with zero attached hydrogens (tertiary/aromatic N) is 1. The molecule has 2 amide bonds. The molecule has 1 heterocycles. The Kier molecular flexibility index (Phi) is 4.26. The SMILES string of the molecule is CC1CCC(N(C(N)=O)C2CCNCC2)CC1. The van der Waals surface area contributed by atoms with Crippen LogP contribution in [-0.4, -0.2) is 36.1 Å². The first-order valence-electron chi connectivity index (χ1n) is 6.97. The number of carbonyl (C=O) groups is 1. The van der Waals surface area contributed by atoms with Crippen molar-refractivity contribution in [1.82, 2.24) is 10.2 Å². The molecule has 0 radical (unpaired) electrons. The maximum atomic E-state index is 11.7. The molecular formula is C13H25N3O. The second-order valence-electron chi connectivity index (χ2n) is 5.64. The fraction of sp³-hybridized carbons (Fsp3) is 0.923. The van der Waals surface area contributed by atoms with Gasteiger partial charge in [0.2, 0.25) is 0 Å². The Morgan fingerprint density at radius 1 is 1.06 bits per heavy atom. The molecule has 2 fully saturated rings. The number of urea groups is 1. The standard InChI is InChI=1S/C13H25N3O/c1-10-2-4-11(5-3-10)16(13(14)17)12-6-8-15-9-7-12/h10-12,15H,2-9H2,1H3,(H2,14,17). The Labute approximate surface area is 104 Å². The minimum Gasteiger partial charge on any atom is -0.351 e. The average molecular weight is 239 g/mol. The Hall–Kier alpha value is -0.770. The van der Waals surface area contributed by atoms with Gasteiger partial charge in [-0.15, -0.1) is 0 Å². The van der Waals surface area contributed by atoms with E-state index in [1.807, 2.05) is 4.90 Å². The topological polar surface area (TPSA) is 58.4 Å². The zero-order valence-electron chi connectivity index (χ0n) is 10.8. The van der Waals surface area contributed by atoms with Crippen molar-refractivity contribution in [2.75, 3.05) is 13.1 Å². The van der Waals surface area contributed by atoms with Crippen LogP contribution in [0.4, 0.5) is 4.79 Å². The molecule has 98 valence electrons. The van der Waals surface area contributed by atoms with E-state index in [0.29, 0.717) is 12.1 Å². The van der Waals surface area contributed by atoms with Gasteiger partial charge in [-0.1, -0.05) is 6.92 Å². The van der Waals surface area contributed by atoms with Gasteiger partial charge < -0.3 is 16.0 Å². The van der Waals surface area contributed by atoms with Gasteiger partial charge in [0.1, 0.15) is 0 Å². The fourth-order valence-electron chi connectivity index (χ4n) is 3.26. The smallest absolute Gasteiger partial charge is 0.315 e. The van der Waals surface area contributed by atoms with E-state index in [0.717, 1.165) is 44.7 Å². The lowest BCUT2D eigenvalue weighted by Crippen LogP contribution is -2.53. The van der Waals surface area contributed by atoms with Crippen LogP contribution in [0.1, 0.15) is 45.4 Å². The highest BCUT2D eigenvalue weighted by Gasteiger charge is 2.32. The predicted octanol–water partition coefficient (Wildman–Crippen LogP) is 1.70. The van der Waals surface area contributed by atoms with Crippen molar-refractivity contribution in [3.8, 4) is 0 Å². The molecule has 1 aliphatic heterocycles. The first-order valence-corrected chi connectivity index (χ1v) is 6.97. The molecule has 1 saturated heterocycles.